The van der Waals surface area contributed by atoms with Crippen molar-refractivity contribution in [3.8, 4) is 5.75 Å². The summed E-state index contributed by atoms with van der Waals surface area (Å²) in [6.45, 7) is 10.9. The number of halogens is 1. The number of aromatic nitrogens is 1. The second-order valence-electron chi connectivity index (χ2n) is 9.71. The zero-order valence-electron chi connectivity index (χ0n) is 21.5. The summed E-state index contributed by atoms with van der Waals surface area (Å²) in [5.74, 6) is -0.384. The molecule has 0 amide bonds. The zero-order chi connectivity index (χ0) is 24.9. The van der Waals surface area contributed by atoms with Gasteiger partial charge in [0, 0.05) is 0 Å². The third-order valence-corrected chi connectivity index (χ3v) is 22.8. The van der Waals surface area contributed by atoms with Crippen molar-refractivity contribution in [2.75, 3.05) is 13.2 Å². The van der Waals surface area contributed by atoms with Crippen LogP contribution in [-0.4, -0.2) is 42.1 Å². The van der Waals surface area contributed by atoms with Crippen molar-refractivity contribution < 1.29 is 18.7 Å². The van der Waals surface area contributed by atoms with Crippen LogP contribution in [0.4, 0.5) is 4.39 Å². The molecule has 0 saturated heterocycles. The molecule has 0 fully saturated rings. The fourth-order valence-electron chi connectivity index (χ4n) is 5.37. The van der Waals surface area contributed by atoms with Gasteiger partial charge in [-0.05, 0) is 0 Å². The molecule has 1 atom stereocenters. The van der Waals surface area contributed by atoms with Gasteiger partial charge in [0.2, 0.25) is 0 Å². The van der Waals surface area contributed by atoms with Gasteiger partial charge in [0.25, 0.3) is 0 Å². The number of esters is 1. The summed E-state index contributed by atoms with van der Waals surface area (Å²) in [5, 5.41) is 0.218. The Balaban J connectivity index is 2.35. The fourth-order valence-corrected chi connectivity index (χ4v) is 22.0. The van der Waals surface area contributed by atoms with Crippen LogP contribution in [0.1, 0.15) is 89.5 Å². The third kappa shape index (κ3) is 5.17. The van der Waals surface area contributed by atoms with Crippen LogP contribution in [-0.2, 0) is 4.74 Å². The molecular weight excluding hydrogens is 540 g/mol. The van der Waals surface area contributed by atoms with E-state index in [9.17, 15) is 9.59 Å². The summed E-state index contributed by atoms with van der Waals surface area (Å²) in [6.07, 6.45) is 8.18. The van der Waals surface area contributed by atoms with E-state index >= 15 is 4.39 Å². The number of benzene rings is 1. The molecule has 3 rings (SSSR count). The number of hydrogen-bond donors (Lipinski definition) is 0. The Hall–Kier alpha value is -1.57. The normalized spacial score (nSPS) is 15.4. The van der Waals surface area contributed by atoms with Crippen LogP contribution in [0.2, 0.25) is 13.3 Å². The molecule has 0 radical (unpaired) electrons. The van der Waals surface area contributed by atoms with Gasteiger partial charge >= 0.3 is 207 Å². The molecule has 0 bridgehead atoms. The van der Waals surface area contributed by atoms with E-state index in [1.165, 1.54) is 6.07 Å². The van der Waals surface area contributed by atoms with Crippen molar-refractivity contribution in [2.24, 2.45) is 0 Å². The first kappa shape index (κ1) is 27.0. The van der Waals surface area contributed by atoms with E-state index in [-0.39, 0.29) is 29.4 Å². The molecule has 1 aromatic carbocycles. The van der Waals surface area contributed by atoms with Gasteiger partial charge in [-0.2, -0.15) is 0 Å². The average Bonchev–Trinajstić information content (AvgIpc) is 2.82. The molecule has 1 aromatic heterocycles. The molecule has 0 unspecified atom stereocenters. The summed E-state index contributed by atoms with van der Waals surface area (Å²) in [5.41, 5.74) is 0.128. The minimum atomic E-state index is -3.22. The molecule has 1 aliphatic heterocycles. The van der Waals surface area contributed by atoms with E-state index in [0.29, 0.717) is 17.9 Å². The van der Waals surface area contributed by atoms with E-state index in [1.54, 1.807) is 13.1 Å². The quantitative estimate of drug-likeness (QED) is 0.218. The second kappa shape index (κ2) is 11.9. The Morgan fingerprint density at radius 3 is 2.24 bits per heavy atom. The summed E-state index contributed by atoms with van der Waals surface area (Å²) in [4.78, 5) is 25.8. The van der Waals surface area contributed by atoms with Gasteiger partial charge in [-0.25, -0.2) is 0 Å². The summed E-state index contributed by atoms with van der Waals surface area (Å²) in [7, 11) is 0. The van der Waals surface area contributed by atoms with E-state index in [1.807, 2.05) is 11.5 Å². The number of hydrogen-bond acceptors (Lipinski definition) is 4. The molecule has 5 nitrogen and oxygen atoms in total. The van der Waals surface area contributed by atoms with E-state index in [2.05, 4.69) is 20.8 Å². The molecule has 0 aliphatic carbocycles. The Bertz CT molecular complexity index is 1060. The monoisotopic (exact) mass is 581 g/mol. The summed E-state index contributed by atoms with van der Waals surface area (Å²) >= 11 is -3.22. The number of carbonyl (C=O) groups is 1. The number of nitrogens with zero attached hydrogens (tertiary/aromatic N) is 1. The van der Waals surface area contributed by atoms with Crippen molar-refractivity contribution in [3.05, 3.63) is 33.9 Å². The fraction of sp³-hybridized carbons (Fsp3) is 0.630. The first-order valence-corrected chi connectivity index (χ1v) is 20.5. The summed E-state index contributed by atoms with van der Waals surface area (Å²) in [6, 6.07) is 1.32. The predicted octanol–water partition coefficient (Wildman–Crippen LogP) is 6.33. The van der Waals surface area contributed by atoms with Gasteiger partial charge in [0.05, 0.1) is 0 Å². The van der Waals surface area contributed by atoms with Gasteiger partial charge in [0.1, 0.15) is 0 Å². The number of pyridine rings is 1. The van der Waals surface area contributed by atoms with Crippen LogP contribution in [0.25, 0.3) is 10.9 Å². The first-order valence-electron chi connectivity index (χ1n) is 13.1. The van der Waals surface area contributed by atoms with Crippen LogP contribution in [0, 0.1) is 5.82 Å². The predicted molar refractivity (Wildman–Crippen MR) is 139 cm³/mol. The molecule has 7 heteroatoms. The molecule has 188 valence electrons. The number of carbonyl (C=O) groups excluding carboxylic acids is 1. The van der Waals surface area contributed by atoms with Crippen LogP contribution in [0.15, 0.2) is 17.1 Å². The van der Waals surface area contributed by atoms with Crippen LogP contribution in [0.5, 0.6) is 5.75 Å². The molecular formula is C27H40FNO4Sn. The topological polar surface area (TPSA) is 57.5 Å². The number of ether oxygens (including phenoxy) is 2. The molecule has 0 saturated carbocycles. The Labute approximate surface area is 206 Å². The first-order chi connectivity index (χ1) is 16.3. The van der Waals surface area contributed by atoms with Gasteiger partial charge in [-0.1, -0.05) is 0 Å². The maximum absolute atomic E-state index is 16.2. The Morgan fingerprint density at radius 1 is 1.12 bits per heavy atom. The van der Waals surface area contributed by atoms with Crippen LogP contribution in [0.3, 0.4) is 0 Å². The second-order valence-corrected chi connectivity index (χ2v) is 22.7. The maximum atomic E-state index is 16.2. The molecule has 0 N–H and O–H groups in total. The van der Waals surface area contributed by atoms with Crippen molar-refractivity contribution in [3.63, 3.8) is 0 Å². The average molecular weight is 580 g/mol. The van der Waals surface area contributed by atoms with Gasteiger partial charge in [-0.15, -0.1) is 0 Å². The van der Waals surface area contributed by atoms with Crippen molar-refractivity contribution in [1.29, 1.82) is 0 Å². The van der Waals surface area contributed by atoms with Crippen molar-refractivity contribution in [1.82, 2.24) is 4.57 Å². The molecule has 34 heavy (non-hydrogen) atoms. The third-order valence-electron chi connectivity index (χ3n) is 7.22. The van der Waals surface area contributed by atoms with Crippen LogP contribution < -0.4 is 13.7 Å². The number of unbranched alkanes of at least 4 members (excludes halogenated alkanes) is 3. The minimum absolute atomic E-state index is 0.0427. The standard InChI is InChI=1S/C15H13FNO4.3C4H9.Sn/c1-3-20-15(19)11-6-17-8(2)7-21-12-5-9(16)4-10(13(12)17)14(11)18;3*1-3-4-2;/h4,6,8H,3,7H2,1-2H3;3*1,3-4H2,2H3;/t8-;;;;/m0..../s1. The van der Waals surface area contributed by atoms with Gasteiger partial charge in [-0.3, -0.25) is 0 Å². The van der Waals surface area contributed by atoms with Gasteiger partial charge < -0.3 is 0 Å². The Morgan fingerprint density at radius 2 is 1.71 bits per heavy atom. The van der Waals surface area contributed by atoms with Crippen molar-refractivity contribution in [2.45, 2.75) is 92.5 Å². The Kier molecular flexibility index (Phi) is 9.47. The van der Waals surface area contributed by atoms with E-state index < -0.39 is 29.8 Å². The van der Waals surface area contributed by atoms with E-state index in [4.69, 9.17) is 9.47 Å². The van der Waals surface area contributed by atoms with Crippen molar-refractivity contribution >= 4 is 38.8 Å². The summed E-state index contributed by atoms with van der Waals surface area (Å²) < 4.78 is 33.7. The molecule has 1 aliphatic rings. The molecule has 2 aromatic rings. The zero-order valence-corrected chi connectivity index (χ0v) is 24.3. The van der Waals surface area contributed by atoms with Crippen LogP contribution >= 0.6 is 0 Å². The van der Waals surface area contributed by atoms with Gasteiger partial charge in [0.15, 0.2) is 0 Å². The SMILES string of the molecule is CCC[CH2][Sn]([CH2]CCC)([CH2]CCC)[c]1c(F)cc2c(=O)c(C(=O)OCC)cn3c2c1OC[C@@H]3C. The molecule has 0 spiro atoms. The number of rotatable bonds is 12. The molecule has 2 heterocycles. The van der Waals surface area contributed by atoms with E-state index in [0.717, 1.165) is 55.4 Å².